The molecule has 1 amide bonds. The summed E-state index contributed by atoms with van der Waals surface area (Å²) < 4.78 is 35.5. The van der Waals surface area contributed by atoms with Gasteiger partial charge in [-0.2, -0.15) is 13.2 Å². The molecule has 0 spiro atoms. The number of nitrogens with one attached hydrogen (secondary N) is 1. The van der Waals surface area contributed by atoms with Crippen LogP contribution in [0.25, 0.3) is 0 Å². The Morgan fingerprint density at radius 2 is 1.93 bits per heavy atom. The predicted molar refractivity (Wildman–Crippen MR) is 44.7 cm³/mol. The third kappa shape index (κ3) is 2.37. The molecular formula is C8H13F3N2O. The quantitative estimate of drug-likeness (QED) is 0.745. The lowest BCUT2D eigenvalue weighted by atomic mass is 10.2. The van der Waals surface area contributed by atoms with Crippen molar-refractivity contribution in [1.29, 1.82) is 0 Å². The van der Waals surface area contributed by atoms with E-state index >= 15 is 0 Å². The molecule has 0 aromatic rings. The second kappa shape index (κ2) is 3.42. The number of amides is 1. The number of nitrogens with zero attached hydrogens (tertiary/aromatic N) is 1. The second-order valence-corrected chi connectivity index (χ2v) is 3.80. The summed E-state index contributed by atoms with van der Waals surface area (Å²) >= 11 is 0. The number of hydrogen-bond donors (Lipinski definition) is 1. The van der Waals surface area contributed by atoms with Crippen LogP contribution in [0.3, 0.4) is 0 Å². The van der Waals surface area contributed by atoms with Crippen LogP contribution < -0.4 is 5.32 Å². The molecule has 0 unspecified atom stereocenters. The smallest absolute Gasteiger partial charge is 0.346 e. The van der Waals surface area contributed by atoms with Crippen molar-refractivity contribution < 1.29 is 18.0 Å². The summed E-state index contributed by atoms with van der Waals surface area (Å²) in [6.45, 7) is 0.0678. The normalized spacial score (nSPS) is 19.6. The Bertz CT molecular complexity index is 233. The molecule has 0 bridgehead atoms. The Morgan fingerprint density at radius 1 is 1.43 bits per heavy atom. The highest BCUT2D eigenvalue weighted by Crippen LogP contribution is 2.39. The molecule has 0 aromatic heterocycles. The molecule has 0 aromatic carbocycles. The SMILES string of the molecule is CN(C)C1(CNC(=O)C(F)(F)F)CC1. The van der Waals surface area contributed by atoms with Crippen LogP contribution in [0.4, 0.5) is 13.2 Å². The van der Waals surface area contributed by atoms with Crippen molar-refractivity contribution in [3.05, 3.63) is 0 Å². The van der Waals surface area contributed by atoms with E-state index in [0.29, 0.717) is 0 Å². The summed E-state index contributed by atoms with van der Waals surface area (Å²) in [5.74, 6) is -1.86. The number of carbonyl (C=O) groups excluding carboxylic acids is 1. The van der Waals surface area contributed by atoms with Crippen LogP contribution in [0, 0.1) is 0 Å². The van der Waals surface area contributed by atoms with Gasteiger partial charge in [0.25, 0.3) is 0 Å². The molecule has 0 heterocycles. The number of hydrogen-bond acceptors (Lipinski definition) is 2. The van der Waals surface area contributed by atoms with E-state index in [-0.39, 0.29) is 12.1 Å². The molecule has 1 saturated carbocycles. The van der Waals surface area contributed by atoms with E-state index in [4.69, 9.17) is 0 Å². The van der Waals surface area contributed by atoms with Gasteiger partial charge in [0.2, 0.25) is 0 Å². The molecule has 3 nitrogen and oxygen atoms in total. The zero-order valence-electron chi connectivity index (χ0n) is 8.11. The van der Waals surface area contributed by atoms with Gasteiger partial charge in [-0.15, -0.1) is 0 Å². The number of carbonyl (C=O) groups is 1. The largest absolute Gasteiger partial charge is 0.471 e. The van der Waals surface area contributed by atoms with Gasteiger partial charge in [0, 0.05) is 12.1 Å². The van der Waals surface area contributed by atoms with E-state index in [2.05, 4.69) is 0 Å². The van der Waals surface area contributed by atoms with Crippen molar-refractivity contribution in [1.82, 2.24) is 10.2 Å². The molecule has 0 saturated heterocycles. The fraction of sp³-hybridized carbons (Fsp3) is 0.875. The van der Waals surface area contributed by atoms with E-state index in [9.17, 15) is 18.0 Å². The van der Waals surface area contributed by atoms with Crippen LogP contribution >= 0.6 is 0 Å². The summed E-state index contributed by atoms with van der Waals surface area (Å²) in [5, 5.41) is 1.90. The van der Waals surface area contributed by atoms with Crippen LogP contribution in [0.2, 0.25) is 0 Å². The minimum atomic E-state index is -4.78. The van der Waals surface area contributed by atoms with Crippen molar-refractivity contribution in [3.63, 3.8) is 0 Å². The lowest BCUT2D eigenvalue weighted by molar-refractivity contribution is -0.173. The van der Waals surface area contributed by atoms with Crippen LogP contribution in [-0.4, -0.2) is 43.2 Å². The van der Waals surface area contributed by atoms with Gasteiger partial charge < -0.3 is 10.2 Å². The second-order valence-electron chi connectivity index (χ2n) is 3.80. The summed E-state index contributed by atoms with van der Waals surface area (Å²) in [4.78, 5) is 12.4. The highest BCUT2D eigenvalue weighted by atomic mass is 19.4. The highest BCUT2D eigenvalue weighted by molar-refractivity contribution is 5.81. The van der Waals surface area contributed by atoms with E-state index in [1.165, 1.54) is 0 Å². The third-order valence-corrected chi connectivity index (χ3v) is 2.61. The van der Waals surface area contributed by atoms with Gasteiger partial charge in [-0.1, -0.05) is 0 Å². The van der Waals surface area contributed by atoms with E-state index in [0.717, 1.165) is 12.8 Å². The Morgan fingerprint density at radius 3 is 2.21 bits per heavy atom. The summed E-state index contributed by atoms with van der Waals surface area (Å²) in [7, 11) is 3.60. The van der Waals surface area contributed by atoms with Crippen molar-refractivity contribution in [3.8, 4) is 0 Å². The van der Waals surface area contributed by atoms with Gasteiger partial charge in [0.15, 0.2) is 0 Å². The fourth-order valence-corrected chi connectivity index (χ4v) is 1.27. The minimum absolute atomic E-state index is 0.0678. The molecule has 14 heavy (non-hydrogen) atoms. The molecule has 0 radical (unpaired) electrons. The third-order valence-electron chi connectivity index (χ3n) is 2.61. The average molecular weight is 210 g/mol. The molecule has 0 aliphatic heterocycles. The van der Waals surface area contributed by atoms with Gasteiger partial charge >= 0.3 is 12.1 Å². The topological polar surface area (TPSA) is 32.3 Å². The molecule has 1 aliphatic carbocycles. The number of likely N-dealkylation sites (N-methyl/N-ethyl adjacent to an activating group) is 1. The van der Waals surface area contributed by atoms with Gasteiger partial charge in [-0.05, 0) is 26.9 Å². The van der Waals surface area contributed by atoms with Crippen molar-refractivity contribution in [2.24, 2.45) is 0 Å². The number of alkyl halides is 3. The molecule has 1 aliphatic rings. The molecule has 1 fully saturated rings. The van der Waals surface area contributed by atoms with Gasteiger partial charge in [-0.3, -0.25) is 4.79 Å². The number of halogens is 3. The molecule has 1 rings (SSSR count). The van der Waals surface area contributed by atoms with Crippen LogP contribution in [0.1, 0.15) is 12.8 Å². The lowest BCUT2D eigenvalue weighted by Crippen LogP contribution is -2.46. The van der Waals surface area contributed by atoms with Crippen LogP contribution in [0.5, 0.6) is 0 Å². The van der Waals surface area contributed by atoms with Crippen molar-refractivity contribution in [2.75, 3.05) is 20.6 Å². The fourth-order valence-electron chi connectivity index (χ4n) is 1.27. The summed E-state index contributed by atoms with van der Waals surface area (Å²) in [5.41, 5.74) is -0.249. The Hall–Kier alpha value is -0.780. The van der Waals surface area contributed by atoms with Gasteiger partial charge in [0.05, 0.1) is 0 Å². The van der Waals surface area contributed by atoms with Crippen LogP contribution in [-0.2, 0) is 4.79 Å². The standard InChI is InChI=1S/C8H13F3N2O/c1-13(2)7(3-4-7)5-12-6(14)8(9,10)11/h3-5H2,1-2H3,(H,12,14). The monoisotopic (exact) mass is 210 g/mol. The van der Waals surface area contributed by atoms with E-state index < -0.39 is 12.1 Å². The number of rotatable bonds is 3. The first-order valence-corrected chi connectivity index (χ1v) is 4.30. The Kier molecular flexibility index (Phi) is 2.76. The first-order valence-electron chi connectivity index (χ1n) is 4.30. The van der Waals surface area contributed by atoms with E-state index in [1.807, 2.05) is 10.2 Å². The van der Waals surface area contributed by atoms with Gasteiger partial charge in [-0.25, -0.2) is 0 Å². The van der Waals surface area contributed by atoms with Crippen molar-refractivity contribution in [2.45, 2.75) is 24.6 Å². The Labute approximate surface area is 80.3 Å². The minimum Gasteiger partial charge on any atom is -0.346 e. The zero-order chi connectivity index (χ0) is 11.0. The maximum absolute atomic E-state index is 11.8. The van der Waals surface area contributed by atoms with E-state index in [1.54, 1.807) is 14.1 Å². The predicted octanol–water partition coefficient (Wildman–Crippen LogP) is 0.759. The molecular weight excluding hydrogens is 197 g/mol. The maximum Gasteiger partial charge on any atom is 0.471 e. The summed E-state index contributed by atoms with van der Waals surface area (Å²) in [6, 6.07) is 0. The molecule has 0 atom stereocenters. The highest BCUT2D eigenvalue weighted by Gasteiger charge is 2.47. The van der Waals surface area contributed by atoms with Gasteiger partial charge in [0.1, 0.15) is 0 Å². The molecule has 1 N–H and O–H groups in total. The first-order chi connectivity index (χ1) is 6.28. The average Bonchev–Trinajstić information content (AvgIpc) is 2.78. The lowest BCUT2D eigenvalue weighted by Gasteiger charge is -2.24. The molecule has 6 heteroatoms. The maximum atomic E-state index is 11.8. The summed E-state index contributed by atoms with van der Waals surface area (Å²) in [6.07, 6.45) is -3.11. The molecule has 82 valence electrons. The Balaban J connectivity index is 2.38. The van der Waals surface area contributed by atoms with Crippen molar-refractivity contribution >= 4 is 5.91 Å². The first kappa shape index (κ1) is 11.3. The van der Waals surface area contributed by atoms with Crippen LogP contribution in [0.15, 0.2) is 0 Å². The zero-order valence-corrected chi connectivity index (χ0v) is 8.11.